The molecule has 2 heterocycles. The summed E-state index contributed by atoms with van der Waals surface area (Å²) in [4.78, 5) is 15.5. The van der Waals surface area contributed by atoms with Crippen LogP contribution in [0.1, 0.15) is 43.2 Å². The van der Waals surface area contributed by atoms with Crippen LogP contribution in [0.2, 0.25) is 0 Å². The summed E-state index contributed by atoms with van der Waals surface area (Å²) in [5.41, 5.74) is 3.32. The normalized spacial score (nSPS) is 30.5. The number of fused-ring (bicyclic) bond motifs is 4. The van der Waals surface area contributed by atoms with Crippen molar-refractivity contribution in [3.63, 3.8) is 0 Å². The molecule has 3 fully saturated rings. The zero-order valence-corrected chi connectivity index (χ0v) is 17.8. The zero-order chi connectivity index (χ0) is 20.5. The van der Waals surface area contributed by atoms with Crippen LogP contribution in [0.15, 0.2) is 54.6 Å². The Morgan fingerprint density at radius 2 is 1.87 bits per heavy atom. The molecule has 2 aromatic carbocycles. The molecule has 2 bridgehead atoms. The van der Waals surface area contributed by atoms with Crippen LogP contribution in [0, 0.1) is 18.8 Å². The molecular weight excluding hydrogens is 372 g/mol. The average Bonchev–Trinajstić information content (AvgIpc) is 3.13. The predicted octanol–water partition coefficient (Wildman–Crippen LogP) is 5.42. The predicted molar refractivity (Wildman–Crippen MR) is 120 cm³/mol. The molecule has 3 unspecified atom stereocenters. The lowest BCUT2D eigenvalue weighted by Gasteiger charge is -2.49. The van der Waals surface area contributed by atoms with Crippen LogP contribution in [0.4, 0.5) is 10.5 Å². The van der Waals surface area contributed by atoms with Gasteiger partial charge in [-0.1, -0.05) is 55.0 Å². The van der Waals surface area contributed by atoms with Crippen molar-refractivity contribution in [2.45, 2.75) is 63.6 Å². The van der Waals surface area contributed by atoms with E-state index >= 15 is 0 Å². The maximum absolute atomic E-state index is 12.7. The van der Waals surface area contributed by atoms with Crippen molar-refractivity contribution in [2.75, 3.05) is 11.9 Å². The lowest BCUT2D eigenvalue weighted by atomic mass is 9.79. The minimum Gasteiger partial charge on any atom is -0.446 e. The summed E-state index contributed by atoms with van der Waals surface area (Å²) in [5.74, 6) is 1.09. The third-order valence-corrected chi connectivity index (χ3v) is 7.57. The van der Waals surface area contributed by atoms with Gasteiger partial charge in [0.2, 0.25) is 0 Å². The number of aryl methyl sites for hydroxylation is 1. The largest absolute Gasteiger partial charge is 0.446 e. The van der Waals surface area contributed by atoms with E-state index < -0.39 is 0 Å². The Morgan fingerprint density at radius 1 is 1.07 bits per heavy atom. The Balaban J connectivity index is 1.31. The molecule has 0 radical (unpaired) electrons. The zero-order valence-electron chi connectivity index (χ0n) is 17.8. The Kier molecular flexibility index (Phi) is 5.51. The summed E-state index contributed by atoms with van der Waals surface area (Å²) in [6, 6.07) is 19.9. The van der Waals surface area contributed by atoms with Crippen LogP contribution in [-0.4, -0.2) is 35.7 Å². The monoisotopic (exact) mass is 404 g/mol. The third-order valence-electron chi connectivity index (χ3n) is 7.57. The van der Waals surface area contributed by atoms with Crippen molar-refractivity contribution >= 4 is 11.8 Å². The number of para-hydroxylation sites is 1. The molecule has 2 aliphatic heterocycles. The smallest absolute Gasteiger partial charge is 0.411 e. The second-order valence-corrected chi connectivity index (χ2v) is 9.34. The van der Waals surface area contributed by atoms with Gasteiger partial charge < -0.3 is 4.74 Å². The van der Waals surface area contributed by atoms with Gasteiger partial charge in [-0.3, -0.25) is 10.2 Å². The molecule has 30 heavy (non-hydrogen) atoms. The third kappa shape index (κ3) is 3.85. The van der Waals surface area contributed by atoms with Gasteiger partial charge in [0.25, 0.3) is 0 Å². The maximum atomic E-state index is 12.7. The highest BCUT2D eigenvalue weighted by Gasteiger charge is 2.52. The van der Waals surface area contributed by atoms with E-state index in [1.165, 1.54) is 37.8 Å². The number of rotatable bonds is 4. The molecule has 1 N–H and O–H groups in total. The van der Waals surface area contributed by atoms with Crippen LogP contribution in [-0.2, 0) is 11.2 Å². The van der Waals surface area contributed by atoms with Crippen molar-refractivity contribution < 1.29 is 9.53 Å². The fraction of sp³-hybridized carbons (Fsp3) is 0.500. The molecule has 1 aliphatic carbocycles. The Bertz CT molecular complexity index is 884. The molecule has 1 saturated carbocycles. The van der Waals surface area contributed by atoms with Gasteiger partial charge in [-0.05, 0) is 68.7 Å². The van der Waals surface area contributed by atoms with Crippen LogP contribution >= 0.6 is 0 Å². The van der Waals surface area contributed by atoms with E-state index in [0.29, 0.717) is 23.9 Å². The molecule has 0 spiro atoms. The number of nitrogens with zero attached hydrogens (tertiary/aromatic N) is 1. The first-order chi connectivity index (χ1) is 14.7. The maximum Gasteiger partial charge on any atom is 0.411 e. The number of carbonyl (C=O) groups is 1. The number of carbonyl (C=O) groups excluding carboxylic acids is 1. The van der Waals surface area contributed by atoms with E-state index in [1.807, 2.05) is 31.2 Å². The number of benzene rings is 2. The Hall–Kier alpha value is -2.33. The molecule has 5 rings (SSSR count). The second-order valence-electron chi connectivity index (χ2n) is 9.34. The van der Waals surface area contributed by atoms with Crippen molar-refractivity contribution in [3.8, 4) is 0 Å². The fourth-order valence-corrected chi connectivity index (χ4v) is 6.18. The number of amides is 1. The van der Waals surface area contributed by atoms with Gasteiger partial charge in [0.1, 0.15) is 6.10 Å². The summed E-state index contributed by atoms with van der Waals surface area (Å²) in [5, 5.41) is 2.97. The molecule has 1 amide bonds. The highest BCUT2D eigenvalue weighted by atomic mass is 16.6. The Morgan fingerprint density at radius 3 is 2.70 bits per heavy atom. The number of nitrogens with one attached hydrogen (secondary N) is 1. The number of ether oxygens (including phenoxy) is 1. The van der Waals surface area contributed by atoms with E-state index in [4.69, 9.17) is 4.74 Å². The van der Waals surface area contributed by atoms with Gasteiger partial charge in [-0.25, -0.2) is 4.79 Å². The summed E-state index contributed by atoms with van der Waals surface area (Å²) in [6.45, 7) is 3.20. The standard InChI is InChI=1S/C26H32N2O2/c1-18-9-5-6-12-22(18)27-26(29)30-25-17-20-16-21(25)23-13-7-8-14-28(23)24(20)15-19-10-3-2-4-11-19/h2-6,9-12,20-21,23-25H,7-8,13-17H2,1H3,(H,27,29)/t20?,21?,23-,24+,25?/m1/s1. The van der Waals surface area contributed by atoms with E-state index in [2.05, 4.69) is 40.5 Å². The SMILES string of the molecule is Cc1ccccc1NC(=O)OC1CC2CC1[C@H]1CCCCN1[C@H]2Cc1ccccc1. The number of hydrogen-bond acceptors (Lipinski definition) is 3. The number of piperidine rings is 2. The van der Waals surface area contributed by atoms with Crippen LogP contribution in [0.3, 0.4) is 0 Å². The lowest BCUT2D eigenvalue weighted by molar-refractivity contribution is -0.0144. The Labute approximate surface area is 179 Å². The van der Waals surface area contributed by atoms with Crippen LogP contribution in [0.5, 0.6) is 0 Å². The molecule has 5 atom stereocenters. The minimum atomic E-state index is -0.302. The van der Waals surface area contributed by atoms with Crippen molar-refractivity contribution in [3.05, 3.63) is 65.7 Å². The van der Waals surface area contributed by atoms with E-state index in [-0.39, 0.29) is 12.2 Å². The highest BCUT2D eigenvalue weighted by Crippen LogP contribution is 2.49. The van der Waals surface area contributed by atoms with Gasteiger partial charge in [0, 0.05) is 23.7 Å². The fourth-order valence-electron chi connectivity index (χ4n) is 6.18. The molecule has 158 valence electrons. The first-order valence-corrected chi connectivity index (χ1v) is 11.5. The van der Waals surface area contributed by atoms with Gasteiger partial charge in [-0.2, -0.15) is 0 Å². The molecule has 3 aliphatic rings. The first-order valence-electron chi connectivity index (χ1n) is 11.5. The second kappa shape index (κ2) is 8.43. The van der Waals surface area contributed by atoms with Gasteiger partial charge in [0.15, 0.2) is 0 Å². The summed E-state index contributed by atoms with van der Waals surface area (Å²) in [6.07, 6.45) is 6.85. The van der Waals surface area contributed by atoms with E-state index in [1.54, 1.807) is 0 Å². The molecule has 4 heteroatoms. The average molecular weight is 405 g/mol. The minimum absolute atomic E-state index is 0.0328. The van der Waals surface area contributed by atoms with E-state index in [0.717, 1.165) is 24.1 Å². The van der Waals surface area contributed by atoms with E-state index in [9.17, 15) is 4.79 Å². The molecule has 0 aromatic heterocycles. The van der Waals surface area contributed by atoms with Gasteiger partial charge in [-0.15, -0.1) is 0 Å². The van der Waals surface area contributed by atoms with Crippen molar-refractivity contribution in [2.24, 2.45) is 11.8 Å². The quantitative estimate of drug-likeness (QED) is 0.740. The van der Waals surface area contributed by atoms with Crippen molar-refractivity contribution in [1.82, 2.24) is 4.90 Å². The van der Waals surface area contributed by atoms with Crippen molar-refractivity contribution in [1.29, 1.82) is 0 Å². The molecule has 2 saturated heterocycles. The van der Waals surface area contributed by atoms with Gasteiger partial charge >= 0.3 is 6.09 Å². The van der Waals surface area contributed by atoms with Crippen LogP contribution in [0.25, 0.3) is 0 Å². The van der Waals surface area contributed by atoms with Gasteiger partial charge in [0.05, 0.1) is 0 Å². The lowest BCUT2D eigenvalue weighted by Crippen LogP contribution is -2.55. The highest BCUT2D eigenvalue weighted by molar-refractivity contribution is 5.85. The first kappa shape index (κ1) is 19.6. The number of hydrogen-bond donors (Lipinski definition) is 1. The summed E-state index contributed by atoms with van der Waals surface area (Å²) in [7, 11) is 0. The number of anilines is 1. The molecule has 2 aromatic rings. The molecular formula is C26H32N2O2. The topological polar surface area (TPSA) is 41.6 Å². The molecule has 4 nitrogen and oxygen atoms in total. The van der Waals surface area contributed by atoms with Crippen LogP contribution < -0.4 is 5.32 Å². The summed E-state index contributed by atoms with van der Waals surface area (Å²) >= 11 is 0. The summed E-state index contributed by atoms with van der Waals surface area (Å²) < 4.78 is 6.06.